The Morgan fingerprint density at radius 1 is 1.05 bits per heavy atom. The van der Waals surface area contributed by atoms with Crippen LogP contribution in [0.25, 0.3) is 0 Å². The molecule has 1 aliphatic carbocycles. The molecule has 1 saturated carbocycles. The SMILES string of the molecule is COC(=O)C1C2CC(CN(CC(F)(F)F)C2)C1C(=O)OC. The number of ether oxygens (including phenoxy) is 2. The van der Waals surface area contributed by atoms with Gasteiger partial charge in [0.05, 0.1) is 32.6 Å². The van der Waals surface area contributed by atoms with Crippen LogP contribution in [0.4, 0.5) is 13.2 Å². The quantitative estimate of drug-likeness (QED) is 0.730. The van der Waals surface area contributed by atoms with Crippen LogP contribution >= 0.6 is 0 Å². The van der Waals surface area contributed by atoms with Gasteiger partial charge in [0.25, 0.3) is 0 Å². The Hall–Kier alpha value is -1.31. The summed E-state index contributed by atoms with van der Waals surface area (Å²) in [6.45, 7) is -0.742. The minimum Gasteiger partial charge on any atom is -0.469 e. The van der Waals surface area contributed by atoms with Crippen LogP contribution in [0.1, 0.15) is 6.42 Å². The lowest BCUT2D eigenvalue weighted by atomic mass is 9.88. The number of fused-ring (bicyclic) bond motifs is 2. The normalized spacial score (nSPS) is 32.8. The van der Waals surface area contributed by atoms with Crippen LogP contribution in [0, 0.1) is 23.7 Å². The largest absolute Gasteiger partial charge is 0.469 e. The molecule has 0 spiro atoms. The molecule has 2 aliphatic rings. The molecule has 4 atom stereocenters. The molecule has 21 heavy (non-hydrogen) atoms. The van der Waals surface area contributed by atoms with Crippen LogP contribution in [0.5, 0.6) is 0 Å². The highest BCUT2D eigenvalue weighted by atomic mass is 19.4. The second-order valence-corrected chi connectivity index (χ2v) is 5.66. The number of carbonyl (C=O) groups is 2. The lowest BCUT2D eigenvalue weighted by Crippen LogP contribution is -2.43. The number of rotatable bonds is 3. The van der Waals surface area contributed by atoms with Crippen molar-refractivity contribution >= 4 is 11.9 Å². The Kier molecular flexibility index (Phi) is 4.46. The van der Waals surface area contributed by atoms with Crippen molar-refractivity contribution in [1.82, 2.24) is 4.90 Å². The van der Waals surface area contributed by atoms with Gasteiger partial charge in [0, 0.05) is 13.1 Å². The Bertz CT molecular complexity index is 396. The molecule has 0 radical (unpaired) electrons. The van der Waals surface area contributed by atoms with Crippen molar-refractivity contribution in [3.63, 3.8) is 0 Å². The summed E-state index contributed by atoms with van der Waals surface area (Å²) in [7, 11) is 2.43. The fourth-order valence-electron chi connectivity index (χ4n) is 3.72. The zero-order valence-electron chi connectivity index (χ0n) is 11.9. The third-order valence-corrected chi connectivity index (χ3v) is 4.34. The molecule has 0 aromatic carbocycles. The fraction of sp³-hybridized carbons (Fsp3) is 0.846. The van der Waals surface area contributed by atoms with Crippen LogP contribution in [-0.4, -0.2) is 56.9 Å². The van der Waals surface area contributed by atoms with Crippen LogP contribution in [0.3, 0.4) is 0 Å². The molecule has 1 heterocycles. The number of halogens is 3. The van der Waals surface area contributed by atoms with Crippen molar-refractivity contribution in [3.8, 4) is 0 Å². The molecule has 0 N–H and O–H groups in total. The maximum Gasteiger partial charge on any atom is 0.401 e. The molecule has 2 rings (SSSR count). The molecule has 4 unspecified atom stereocenters. The number of esters is 2. The molecule has 2 fully saturated rings. The average molecular weight is 309 g/mol. The Labute approximate surface area is 120 Å². The molecule has 5 nitrogen and oxygen atoms in total. The molecule has 0 aromatic heterocycles. The predicted molar refractivity (Wildman–Crippen MR) is 65.1 cm³/mol. The minimum absolute atomic E-state index is 0.142. The van der Waals surface area contributed by atoms with E-state index in [1.54, 1.807) is 0 Å². The Balaban J connectivity index is 2.19. The van der Waals surface area contributed by atoms with Gasteiger partial charge in [-0.1, -0.05) is 0 Å². The van der Waals surface area contributed by atoms with E-state index in [-0.39, 0.29) is 24.9 Å². The Morgan fingerprint density at radius 3 is 1.81 bits per heavy atom. The highest BCUT2D eigenvalue weighted by Gasteiger charge is 2.55. The maximum absolute atomic E-state index is 12.5. The van der Waals surface area contributed by atoms with Crippen LogP contribution < -0.4 is 0 Å². The van der Waals surface area contributed by atoms with E-state index >= 15 is 0 Å². The monoisotopic (exact) mass is 309 g/mol. The summed E-state index contributed by atoms with van der Waals surface area (Å²) in [6, 6.07) is 0. The van der Waals surface area contributed by atoms with Crippen molar-refractivity contribution in [1.29, 1.82) is 0 Å². The molecule has 0 aromatic rings. The first-order chi connectivity index (χ1) is 9.76. The highest BCUT2D eigenvalue weighted by molar-refractivity contribution is 5.83. The van der Waals surface area contributed by atoms with Crippen molar-refractivity contribution in [2.45, 2.75) is 12.6 Å². The summed E-state index contributed by atoms with van der Waals surface area (Å²) in [5, 5.41) is 0. The fourth-order valence-corrected chi connectivity index (χ4v) is 3.72. The van der Waals surface area contributed by atoms with Crippen molar-refractivity contribution in [2.75, 3.05) is 33.9 Å². The minimum atomic E-state index is -4.29. The summed E-state index contributed by atoms with van der Waals surface area (Å²) in [6.07, 6.45) is -3.74. The summed E-state index contributed by atoms with van der Waals surface area (Å²) < 4.78 is 47.0. The maximum atomic E-state index is 12.5. The molecule has 1 saturated heterocycles. The lowest BCUT2D eigenvalue weighted by molar-refractivity contribution is -0.158. The van der Waals surface area contributed by atoms with Crippen LogP contribution in [-0.2, 0) is 19.1 Å². The number of likely N-dealkylation sites (tertiary alicyclic amines) is 1. The van der Waals surface area contributed by atoms with Gasteiger partial charge in [-0.2, -0.15) is 13.2 Å². The molecule has 0 amide bonds. The standard InChI is InChI=1S/C13H18F3NO4/c1-20-11(18)9-7-3-8(10(9)12(19)21-2)5-17(4-7)6-13(14,15)16/h7-10H,3-6H2,1-2H3. The first-order valence-electron chi connectivity index (χ1n) is 6.71. The highest BCUT2D eigenvalue weighted by Crippen LogP contribution is 2.47. The van der Waals surface area contributed by atoms with E-state index in [4.69, 9.17) is 9.47 Å². The lowest BCUT2D eigenvalue weighted by Gasteiger charge is -2.32. The molecular formula is C13H18F3NO4. The third kappa shape index (κ3) is 3.30. The van der Waals surface area contributed by atoms with Gasteiger partial charge in [-0.05, 0) is 18.3 Å². The zero-order valence-corrected chi connectivity index (χ0v) is 11.9. The third-order valence-electron chi connectivity index (χ3n) is 4.34. The zero-order chi connectivity index (χ0) is 15.8. The van der Waals surface area contributed by atoms with Gasteiger partial charge < -0.3 is 9.47 Å². The van der Waals surface area contributed by atoms with Crippen molar-refractivity contribution in [3.05, 3.63) is 0 Å². The Morgan fingerprint density at radius 2 is 1.48 bits per heavy atom. The number of methoxy groups -OCH3 is 2. The van der Waals surface area contributed by atoms with Crippen LogP contribution in [0.2, 0.25) is 0 Å². The second kappa shape index (κ2) is 5.82. The van der Waals surface area contributed by atoms with E-state index in [9.17, 15) is 22.8 Å². The molecule has 1 aliphatic heterocycles. The van der Waals surface area contributed by atoms with E-state index in [0.717, 1.165) is 0 Å². The summed E-state index contributed by atoms with van der Waals surface area (Å²) in [5.74, 6) is -3.14. The average Bonchev–Trinajstić information content (AvgIpc) is 2.66. The smallest absolute Gasteiger partial charge is 0.401 e. The number of hydrogen-bond donors (Lipinski definition) is 0. The van der Waals surface area contributed by atoms with Gasteiger partial charge in [-0.3, -0.25) is 14.5 Å². The predicted octanol–water partition coefficient (Wildman–Crippen LogP) is 1.08. The number of nitrogens with zero attached hydrogens (tertiary/aromatic N) is 1. The van der Waals surface area contributed by atoms with Gasteiger partial charge in [0.1, 0.15) is 0 Å². The van der Waals surface area contributed by atoms with Crippen LogP contribution in [0.15, 0.2) is 0 Å². The van der Waals surface area contributed by atoms with Gasteiger partial charge in [0.2, 0.25) is 0 Å². The number of hydrogen-bond acceptors (Lipinski definition) is 5. The molecule has 8 heteroatoms. The van der Waals surface area contributed by atoms with Gasteiger partial charge in [-0.15, -0.1) is 0 Å². The number of alkyl halides is 3. The summed E-state index contributed by atoms with van der Waals surface area (Å²) >= 11 is 0. The molecule has 2 bridgehead atoms. The number of carbonyl (C=O) groups excluding carboxylic acids is 2. The van der Waals surface area contributed by atoms with Gasteiger partial charge in [-0.25, -0.2) is 0 Å². The molecular weight excluding hydrogens is 291 g/mol. The number of piperidine rings is 1. The van der Waals surface area contributed by atoms with Gasteiger partial charge >= 0.3 is 18.1 Å². The summed E-state index contributed by atoms with van der Waals surface area (Å²) in [4.78, 5) is 25.1. The van der Waals surface area contributed by atoms with Crippen molar-refractivity contribution in [2.24, 2.45) is 23.7 Å². The molecule has 120 valence electrons. The van der Waals surface area contributed by atoms with E-state index in [2.05, 4.69) is 0 Å². The topological polar surface area (TPSA) is 55.8 Å². The van der Waals surface area contributed by atoms with Crippen molar-refractivity contribution < 1.29 is 32.2 Å². The van der Waals surface area contributed by atoms with E-state index < -0.39 is 36.5 Å². The van der Waals surface area contributed by atoms with E-state index in [1.165, 1.54) is 19.1 Å². The first-order valence-corrected chi connectivity index (χ1v) is 6.71. The van der Waals surface area contributed by atoms with Gasteiger partial charge in [0.15, 0.2) is 0 Å². The summed E-state index contributed by atoms with van der Waals surface area (Å²) in [5.41, 5.74) is 0. The van der Waals surface area contributed by atoms with E-state index in [0.29, 0.717) is 6.42 Å². The first kappa shape index (κ1) is 16.1. The van der Waals surface area contributed by atoms with E-state index in [1.807, 2.05) is 0 Å². The second-order valence-electron chi connectivity index (χ2n) is 5.66.